The molecule has 0 saturated carbocycles. The minimum Gasteiger partial charge on any atom is -0.497 e. The Hall–Kier alpha value is -1.91. The summed E-state index contributed by atoms with van der Waals surface area (Å²) in [6, 6.07) is 15.2. The maximum absolute atomic E-state index is 13.1. The van der Waals surface area contributed by atoms with Crippen molar-refractivity contribution in [2.24, 2.45) is 0 Å². The molecule has 3 nitrogen and oxygen atoms in total. The summed E-state index contributed by atoms with van der Waals surface area (Å²) in [5, 5.41) is 3.54. The number of ether oxygens (including phenoxy) is 2. The number of hydrogen-bond acceptors (Lipinski definition) is 3. The zero-order valence-electron chi connectivity index (χ0n) is 17.3. The monoisotopic (exact) mass is 385 g/mol. The largest absolute Gasteiger partial charge is 0.497 e. The summed E-state index contributed by atoms with van der Waals surface area (Å²) in [5.74, 6) is 0.696. The molecule has 0 spiro atoms. The summed E-state index contributed by atoms with van der Waals surface area (Å²) >= 11 is 0. The van der Waals surface area contributed by atoms with E-state index >= 15 is 0 Å². The van der Waals surface area contributed by atoms with Gasteiger partial charge in [0.1, 0.15) is 11.6 Å². The molecule has 1 N–H and O–H groups in total. The molecule has 1 saturated heterocycles. The van der Waals surface area contributed by atoms with Crippen molar-refractivity contribution < 1.29 is 13.9 Å². The topological polar surface area (TPSA) is 30.5 Å². The molecule has 4 heteroatoms. The van der Waals surface area contributed by atoms with Gasteiger partial charge in [0.15, 0.2) is 0 Å². The number of hydrogen-bond donors (Lipinski definition) is 1. The fourth-order valence-electron chi connectivity index (χ4n) is 4.29. The van der Waals surface area contributed by atoms with Gasteiger partial charge in [-0.1, -0.05) is 31.2 Å². The molecule has 2 aromatic rings. The predicted molar refractivity (Wildman–Crippen MR) is 111 cm³/mol. The predicted octanol–water partition coefficient (Wildman–Crippen LogP) is 5.23. The second-order valence-corrected chi connectivity index (χ2v) is 8.14. The van der Waals surface area contributed by atoms with E-state index in [4.69, 9.17) is 9.47 Å². The molecular weight excluding hydrogens is 353 g/mol. The molecule has 1 aliphatic heterocycles. The zero-order valence-corrected chi connectivity index (χ0v) is 17.3. The Bertz CT molecular complexity index is 746. The van der Waals surface area contributed by atoms with Crippen molar-refractivity contribution in [1.29, 1.82) is 0 Å². The van der Waals surface area contributed by atoms with Gasteiger partial charge in [-0.2, -0.15) is 0 Å². The normalized spacial score (nSPS) is 24.9. The van der Waals surface area contributed by atoms with Gasteiger partial charge in [-0.3, -0.25) is 0 Å². The zero-order chi connectivity index (χ0) is 20.0. The van der Waals surface area contributed by atoms with Gasteiger partial charge in [-0.25, -0.2) is 4.39 Å². The third-order valence-electron chi connectivity index (χ3n) is 6.22. The van der Waals surface area contributed by atoms with Gasteiger partial charge in [0.05, 0.1) is 12.7 Å². The highest BCUT2D eigenvalue weighted by atomic mass is 19.1. The van der Waals surface area contributed by atoms with E-state index in [-0.39, 0.29) is 16.8 Å². The van der Waals surface area contributed by atoms with Gasteiger partial charge in [0.2, 0.25) is 0 Å². The second kappa shape index (κ2) is 9.06. The lowest BCUT2D eigenvalue weighted by Crippen LogP contribution is -2.46. The van der Waals surface area contributed by atoms with Gasteiger partial charge in [-0.05, 0) is 74.5 Å². The summed E-state index contributed by atoms with van der Waals surface area (Å²) in [4.78, 5) is 0. The van der Waals surface area contributed by atoms with Gasteiger partial charge in [-0.15, -0.1) is 0 Å². The highest BCUT2D eigenvalue weighted by molar-refractivity contribution is 5.33. The lowest BCUT2D eigenvalue weighted by atomic mass is 9.66. The first-order chi connectivity index (χ1) is 13.5. The number of nitrogens with one attached hydrogen (secondary N) is 1. The van der Waals surface area contributed by atoms with Crippen LogP contribution in [0.15, 0.2) is 48.5 Å². The van der Waals surface area contributed by atoms with E-state index in [0.29, 0.717) is 0 Å². The lowest BCUT2D eigenvalue weighted by molar-refractivity contribution is -0.0979. The minimum atomic E-state index is -0.191. The molecule has 2 atom stereocenters. The van der Waals surface area contributed by atoms with Crippen LogP contribution in [0.2, 0.25) is 0 Å². The van der Waals surface area contributed by atoms with Crippen molar-refractivity contribution in [2.45, 2.75) is 57.1 Å². The summed E-state index contributed by atoms with van der Waals surface area (Å²) < 4.78 is 24.6. The average molecular weight is 386 g/mol. The Morgan fingerprint density at radius 1 is 1.11 bits per heavy atom. The highest BCUT2D eigenvalue weighted by Gasteiger charge is 2.43. The van der Waals surface area contributed by atoms with E-state index in [9.17, 15) is 4.39 Å². The van der Waals surface area contributed by atoms with Crippen LogP contribution in [0.3, 0.4) is 0 Å². The van der Waals surface area contributed by atoms with E-state index in [1.165, 1.54) is 17.7 Å². The summed E-state index contributed by atoms with van der Waals surface area (Å²) in [5.41, 5.74) is 2.46. The molecule has 152 valence electrons. The molecule has 0 amide bonds. The first-order valence-electron chi connectivity index (χ1n) is 10.2. The van der Waals surface area contributed by atoms with Crippen LogP contribution in [0.4, 0.5) is 4.39 Å². The van der Waals surface area contributed by atoms with Crippen LogP contribution in [0, 0.1) is 5.82 Å². The smallest absolute Gasteiger partial charge is 0.123 e. The first kappa shape index (κ1) is 20.8. The molecule has 0 radical (unpaired) electrons. The van der Waals surface area contributed by atoms with Crippen molar-refractivity contribution in [1.82, 2.24) is 5.32 Å². The molecule has 28 heavy (non-hydrogen) atoms. The van der Waals surface area contributed by atoms with Crippen LogP contribution in [-0.4, -0.2) is 25.9 Å². The number of benzene rings is 2. The number of halogens is 1. The van der Waals surface area contributed by atoms with Crippen molar-refractivity contribution >= 4 is 0 Å². The van der Waals surface area contributed by atoms with Crippen LogP contribution < -0.4 is 10.1 Å². The van der Waals surface area contributed by atoms with Crippen molar-refractivity contribution in [3.63, 3.8) is 0 Å². The lowest BCUT2D eigenvalue weighted by Gasteiger charge is -2.47. The third kappa shape index (κ3) is 4.92. The van der Waals surface area contributed by atoms with E-state index < -0.39 is 0 Å². The van der Waals surface area contributed by atoms with Crippen LogP contribution >= 0.6 is 0 Å². The fourth-order valence-corrected chi connectivity index (χ4v) is 4.29. The quantitative estimate of drug-likeness (QED) is 0.631. The molecule has 1 heterocycles. The Morgan fingerprint density at radius 3 is 2.46 bits per heavy atom. The van der Waals surface area contributed by atoms with Crippen LogP contribution in [0.1, 0.15) is 50.7 Å². The van der Waals surface area contributed by atoms with Crippen molar-refractivity contribution in [2.75, 3.05) is 20.3 Å². The molecule has 1 fully saturated rings. The number of rotatable bonds is 8. The highest BCUT2D eigenvalue weighted by Crippen LogP contribution is 2.45. The Kier molecular flexibility index (Phi) is 6.73. The van der Waals surface area contributed by atoms with Gasteiger partial charge in [0.25, 0.3) is 0 Å². The first-order valence-corrected chi connectivity index (χ1v) is 10.2. The molecule has 0 aliphatic carbocycles. The van der Waals surface area contributed by atoms with Gasteiger partial charge < -0.3 is 14.8 Å². The second-order valence-electron chi connectivity index (χ2n) is 8.14. The van der Waals surface area contributed by atoms with Gasteiger partial charge >= 0.3 is 0 Å². The van der Waals surface area contributed by atoms with E-state index in [0.717, 1.165) is 56.7 Å². The molecule has 0 aromatic heterocycles. The molecular formula is C24H32FNO2. The Balaban J connectivity index is 1.71. The summed E-state index contributed by atoms with van der Waals surface area (Å²) in [6.07, 6.45) is 4.08. The standard InChI is InChI=1S/C24H32FNO2/c1-4-23(2)18-24(14-16-28-23,20-7-11-22(27-3)12-8-20)13-15-26-17-19-5-9-21(25)10-6-19/h5-12,26H,4,13-18H2,1-3H3/t23-,24+/m1/s1. The molecule has 2 aromatic carbocycles. The maximum Gasteiger partial charge on any atom is 0.123 e. The third-order valence-corrected chi connectivity index (χ3v) is 6.22. The fraction of sp³-hybridized carbons (Fsp3) is 0.500. The Labute approximate surface area is 168 Å². The van der Waals surface area contributed by atoms with Crippen molar-refractivity contribution in [3.05, 3.63) is 65.5 Å². The van der Waals surface area contributed by atoms with E-state index in [1.54, 1.807) is 7.11 Å². The summed E-state index contributed by atoms with van der Waals surface area (Å²) in [7, 11) is 1.70. The van der Waals surface area contributed by atoms with E-state index in [2.05, 4.69) is 43.4 Å². The summed E-state index contributed by atoms with van der Waals surface area (Å²) in [6.45, 7) is 6.88. The van der Waals surface area contributed by atoms with Crippen molar-refractivity contribution in [3.8, 4) is 5.75 Å². The Morgan fingerprint density at radius 2 is 1.82 bits per heavy atom. The SMILES string of the molecule is CC[C@]1(C)C[C@@](CCNCc2ccc(F)cc2)(c2ccc(OC)cc2)CCO1. The minimum absolute atomic E-state index is 0.0882. The van der Waals surface area contributed by atoms with Crippen LogP contribution in [0.25, 0.3) is 0 Å². The number of methoxy groups -OCH3 is 1. The average Bonchev–Trinajstić information content (AvgIpc) is 2.73. The maximum atomic E-state index is 13.1. The molecule has 0 unspecified atom stereocenters. The molecule has 3 rings (SSSR count). The van der Waals surface area contributed by atoms with Crippen LogP contribution in [-0.2, 0) is 16.7 Å². The molecule has 1 aliphatic rings. The van der Waals surface area contributed by atoms with Crippen LogP contribution in [0.5, 0.6) is 5.75 Å². The van der Waals surface area contributed by atoms with E-state index in [1.807, 2.05) is 12.1 Å². The molecule has 0 bridgehead atoms. The van der Waals surface area contributed by atoms with Gasteiger partial charge in [0, 0.05) is 18.6 Å².